The first-order valence-electron chi connectivity index (χ1n) is 6.85. The lowest BCUT2D eigenvalue weighted by Crippen LogP contribution is -2.36. The Hall–Kier alpha value is -1.00. The quantitative estimate of drug-likeness (QED) is 0.905. The van der Waals surface area contributed by atoms with Crippen molar-refractivity contribution in [2.75, 3.05) is 13.2 Å². The average molecular weight is 269 g/mol. The summed E-state index contributed by atoms with van der Waals surface area (Å²) in [5.41, 5.74) is 0.575. The molecule has 2 nitrogen and oxygen atoms in total. The van der Waals surface area contributed by atoms with Crippen LogP contribution in [-0.4, -0.2) is 19.3 Å². The molecule has 3 atom stereocenters. The predicted molar refractivity (Wildman–Crippen MR) is 71.0 cm³/mol. The molecule has 1 fully saturated rings. The zero-order valence-corrected chi connectivity index (χ0v) is 11.7. The Morgan fingerprint density at radius 2 is 2.16 bits per heavy atom. The lowest BCUT2D eigenvalue weighted by Gasteiger charge is -2.28. The first-order valence-corrected chi connectivity index (χ1v) is 6.85. The van der Waals surface area contributed by atoms with Crippen molar-refractivity contribution in [1.29, 1.82) is 0 Å². The largest absolute Gasteiger partial charge is 0.376 e. The molecule has 1 aromatic carbocycles. The van der Waals surface area contributed by atoms with Crippen molar-refractivity contribution >= 4 is 0 Å². The minimum atomic E-state index is -0.503. The van der Waals surface area contributed by atoms with Crippen molar-refractivity contribution in [3.05, 3.63) is 34.9 Å². The van der Waals surface area contributed by atoms with Crippen molar-refractivity contribution in [3.8, 4) is 0 Å². The maximum absolute atomic E-state index is 14.3. The molecule has 0 aliphatic carbocycles. The molecule has 1 aliphatic heterocycles. The molecule has 2 rings (SSSR count). The Bertz CT molecular complexity index is 450. The molecule has 1 aromatic rings. The van der Waals surface area contributed by atoms with Crippen LogP contribution in [0, 0.1) is 24.5 Å². The molecule has 0 bridgehead atoms. The summed E-state index contributed by atoms with van der Waals surface area (Å²) in [6, 6.07) is 2.37. The fourth-order valence-electron chi connectivity index (χ4n) is 2.71. The minimum absolute atomic E-state index is 0.112. The number of benzene rings is 1. The van der Waals surface area contributed by atoms with Crippen LogP contribution in [0.5, 0.6) is 0 Å². The predicted octanol–water partition coefficient (Wildman–Crippen LogP) is 3.35. The number of halogens is 2. The van der Waals surface area contributed by atoms with Gasteiger partial charge in [-0.15, -0.1) is 0 Å². The van der Waals surface area contributed by atoms with Gasteiger partial charge in [0.05, 0.1) is 12.1 Å². The molecule has 19 heavy (non-hydrogen) atoms. The number of hydrogen-bond acceptors (Lipinski definition) is 2. The summed E-state index contributed by atoms with van der Waals surface area (Å²) in [4.78, 5) is 0. The second kappa shape index (κ2) is 5.97. The Kier molecular flexibility index (Phi) is 4.53. The standard InChI is InChI=1S/C15H21F2NO/c1-4-18-14(15-10(3)7-8-19-15)12-11(16)6-5-9(2)13(12)17/h5-6,10,14-15,18H,4,7-8H2,1-3H3. The Morgan fingerprint density at radius 3 is 2.74 bits per heavy atom. The SMILES string of the molecule is CCNC(c1c(F)ccc(C)c1F)C1OCCC1C. The van der Waals surface area contributed by atoms with Crippen LogP contribution < -0.4 is 5.32 Å². The van der Waals surface area contributed by atoms with Gasteiger partial charge in [-0.3, -0.25) is 0 Å². The first kappa shape index (κ1) is 14.4. The zero-order chi connectivity index (χ0) is 14.0. The minimum Gasteiger partial charge on any atom is -0.376 e. The number of likely N-dealkylation sites (N-methyl/N-ethyl adjacent to an activating group) is 1. The van der Waals surface area contributed by atoms with E-state index in [0.717, 1.165) is 6.42 Å². The monoisotopic (exact) mass is 269 g/mol. The van der Waals surface area contributed by atoms with E-state index in [1.54, 1.807) is 6.92 Å². The van der Waals surface area contributed by atoms with Crippen LogP contribution in [0.15, 0.2) is 12.1 Å². The number of rotatable bonds is 4. The average Bonchev–Trinajstić information content (AvgIpc) is 2.79. The molecule has 1 aliphatic rings. The third-order valence-corrected chi connectivity index (χ3v) is 3.83. The molecule has 1 N–H and O–H groups in total. The number of ether oxygens (including phenoxy) is 1. The maximum atomic E-state index is 14.3. The van der Waals surface area contributed by atoms with E-state index in [1.165, 1.54) is 12.1 Å². The van der Waals surface area contributed by atoms with Crippen LogP contribution >= 0.6 is 0 Å². The molecule has 3 unspecified atom stereocenters. The van der Waals surface area contributed by atoms with Gasteiger partial charge in [0, 0.05) is 12.2 Å². The van der Waals surface area contributed by atoms with E-state index < -0.39 is 17.7 Å². The summed E-state index contributed by atoms with van der Waals surface area (Å²) in [6.07, 6.45) is 0.757. The van der Waals surface area contributed by atoms with Crippen LogP contribution in [0.25, 0.3) is 0 Å². The molecule has 0 radical (unpaired) electrons. The van der Waals surface area contributed by atoms with Gasteiger partial charge in [0.2, 0.25) is 0 Å². The van der Waals surface area contributed by atoms with Crippen molar-refractivity contribution < 1.29 is 13.5 Å². The highest BCUT2D eigenvalue weighted by Crippen LogP contribution is 2.34. The summed E-state index contributed by atoms with van der Waals surface area (Å²) in [5, 5.41) is 3.18. The van der Waals surface area contributed by atoms with Crippen LogP contribution in [0.3, 0.4) is 0 Å². The molecule has 1 saturated heterocycles. The Balaban J connectivity index is 2.41. The summed E-state index contributed by atoms with van der Waals surface area (Å²) >= 11 is 0. The van der Waals surface area contributed by atoms with E-state index in [4.69, 9.17) is 4.74 Å². The van der Waals surface area contributed by atoms with Crippen LogP contribution in [0.4, 0.5) is 8.78 Å². The molecule has 0 spiro atoms. The highest BCUT2D eigenvalue weighted by molar-refractivity contribution is 5.30. The van der Waals surface area contributed by atoms with Crippen LogP contribution in [0.2, 0.25) is 0 Å². The van der Waals surface area contributed by atoms with E-state index in [9.17, 15) is 8.78 Å². The second-order valence-electron chi connectivity index (χ2n) is 5.23. The van der Waals surface area contributed by atoms with Gasteiger partial charge in [0.25, 0.3) is 0 Å². The second-order valence-corrected chi connectivity index (χ2v) is 5.23. The normalized spacial score (nSPS) is 24.7. The highest BCUT2D eigenvalue weighted by atomic mass is 19.1. The van der Waals surface area contributed by atoms with Crippen LogP contribution in [-0.2, 0) is 4.74 Å². The molecule has 106 valence electrons. The topological polar surface area (TPSA) is 21.3 Å². The summed E-state index contributed by atoms with van der Waals surface area (Å²) < 4.78 is 34.0. The van der Waals surface area contributed by atoms with Crippen molar-refractivity contribution in [1.82, 2.24) is 5.32 Å². The van der Waals surface area contributed by atoms with Gasteiger partial charge in [0.15, 0.2) is 0 Å². The fourth-order valence-corrected chi connectivity index (χ4v) is 2.71. The van der Waals surface area contributed by atoms with E-state index >= 15 is 0 Å². The van der Waals surface area contributed by atoms with Gasteiger partial charge in [-0.05, 0) is 37.4 Å². The molecule has 0 amide bonds. The first-order chi connectivity index (χ1) is 9.06. The Labute approximate surface area is 113 Å². The van der Waals surface area contributed by atoms with Gasteiger partial charge in [-0.2, -0.15) is 0 Å². The summed E-state index contributed by atoms with van der Waals surface area (Å²) in [6.45, 7) is 6.94. The van der Waals surface area contributed by atoms with Gasteiger partial charge in [-0.1, -0.05) is 19.9 Å². The molecule has 0 aromatic heterocycles. The summed E-state index contributed by atoms with van der Waals surface area (Å²) in [7, 11) is 0. The number of hydrogen-bond donors (Lipinski definition) is 1. The van der Waals surface area contributed by atoms with Gasteiger partial charge >= 0.3 is 0 Å². The third kappa shape index (κ3) is 2.79. The van der Waals surface area contributed by atoms with Crippen molar-refractivity contribution in [3.63, 3.8) is 0 Å². The van der Waals surface area contributed by atoms with Crippen molar-refractivity contribution in [2.24, 2.45) is 5.92 Å². The maximum Gasteiger partial charge on any atom is 0.133 e. The molecule has 0 saturated carbocycles. The smallest absolute Gasteiger partial charge is 0.133 e. The molecular formula is C15H21F2NO. The van der Waals surface area contributed by atoms with E-state index in [1.807, 2.05) is 6.92 Å². The lowest BCUT2D eigenvalue weighted by molar-refractivity contribution is 0.0588. The van der Waals surface area contributed by atoms with Gasteiger partial charge in [0.1, 0.15) is 11.6 Å². The zero-order valence-electron chi connectivity index (χ0n) is 11.7. The van der Waals surface area contributed by atoms with Gasteiger partial charge < -0.3 is 10.1 Å². The number of nitrogens with one attached hydrogen (secondary N) is 1. The van der Waals surface area contributed by atoms with Crippen molar-refractivity contribution in [2.45, 2.75) is 39.3 Å². The molecule has 4 heteroatoms. The Morgan fingerprint density at radius 1 is 1.42 bits per heavy atom. The fraction of sp³-hybridized carbons (Fsp3) is 0.600. The van der Waals surface area contributed by atoms with E-state index in [0.29, 0.717) is 24.6 Å². The molecule has 1 heterocycles. The van der Waals surface area contributed by atoms with Crippen LogP contribution in [0.1, 0.15) is 37.4 Å². The summed E-state index contributed by atoms with van der Waals surface area (Å²) in [5.74, 6) is -0.672. The van der Waals surface area contributed by atoms with E-state index in [2.05, 4.69) is 12.2 Å². The third-order valence-electron chi connectivity index (χ3n) is 3.83. The number of aryl methyl sites for hydroxylation is 1. The molecular weight excluding hydrogens is 248 g/mol. The van der Waals surface area contributed by atoms with E-state index in [-0.39, 0.29) is 11.7 Å². The lowest BCUT2D eigenvalue weighted by atomic mass is 9.91. The van der Waals surface area contributed by atoms with Gasteiger partial charge in [-0.25, -0.2) is 8.78 Å². The highest BCUT2D eigenvalue weighted by Gasteiger charge is 2.35.